The third-order valence-corrected chi connectivity index (χ3v) is 5.80. The number of anilines is 1. The molecule has 0 radical (unpaired) electrons. The SMILES string of the molecule is Cc1ccccc1NC(=O)[C@@H](C)N(C)CC(=O)N1CCN(Cc2ccccc2)CC1. The van der Waals surface area contributed by atoms with Crippen molar-refractivity contribution in [2.45, 2.75) is 26.4 Å². The fourth-order valence-electron chi connectivity index (χ4n) is 3.60. The van der Waals surface area contributed by atoms with Gasteiger partial charge >= 0.3 is 0 Å². The van der Waals surface area contributed by atoms with Gasteiger partial charge in [0, 0.05) is 38.4 Å². The highest BCUT2D eigenvalue weighted by molar-refractivity contribution is 5.95. The lowest BCUT2D eigenvalue weighted by molar-refractivity contribution is -0.135. The Hall–Kier alpha value is -2.70. The summed E-state index contributed by atoms with van der Waals surface area (Å²) >= 11 is 0. The molecule has 2 aromatic carbocycles. The molecule has 0 bridgehead atoms. The minimum atomic E-state index is -0.395. The summed E-state index contributed by atoms with van der Waals surface area (Å²) in [6.45, 7) is 8.14. The van der Waals surface area contributed by atoms with Crippen LogP contribution in [0, 0.1) is 6.92 Å². The van der Waals surface area contributed by atoms with Crippen LogP contribution in [-0.4, -0.2) is 72.3 Å². The lowest BCUT2D eigenvalue weighted by atomic mass is 10.2. The molecule has 1 fully saturated rings. The van der Waals surface area contributed by atoms with Crippen molar-refractivity contribution in [2.75, 3.05) is 45.1 Å². The number of carbonyl (C=O) groups excluding carboxylic acids is 2. The highest BCUT2D eigenvalue weighted by atomic mass is 16.2. The second-order valence-corrected chi connectivity index (χ2v) is 8.04. The highest BCUT2D eigenvalue weighted by Crippen LogP contribution is 2.14. The maximum absolute atomic E-state index is 12.7. The van der Waals surface area contributed by atoms with Gasteiger partial charge in [0.1, 0.15) is 0 Å². The van der Waals surface area contributed by atoms with Crippen LogP contribution in [0.15, 0.2) is 54.6 Å². The first-order valence-electron chi connectivity index (χ1n) is 10.5. The molecule has 30 heavy (non-hydrogen) atoms. The van der Waals surface area contributed by atoms with E-state index in [1.165, 1.54) is 5.56 Å². The Balaban J connectivity index is 1.45. The lowest BCUT2D eigenvalue weighted by Gasteiger charge is -2.36. The monoisotopic (exact) mass is 408 g/mol. The van der Waals surface area contributed by atoms with Crippen LogP contribution in [0.4, 0.5) is 5.69 Å². The van der Waals surface area contributed by atoms with E-state index in [2.05, 4.69) is 34.5 Å². The van der Waals surface area contributed by atoms with Gasteiger partial charge in [0.2, 0.25) is 11.8 Å². The Morgan fingerprint density at radius 3 is 2.30 bits per heavy atom. The van der Waals surface area contributed by atoms with Crippen molar-refractivity contribution in [2.24, 2.45) is 0 Å². The van der Waals surface area contributed by atoms with Crippen LogP contribution in [-0.2, 0) is 16.1 Å². The molecule has 0 aromatic heterocycles. The third kappa shape index (κ3) is 5.90. The molecule has 6 nitrogen and oxygen atoms in total. The van der Waals surface area contributed by atoms with Crippen LogP contribution in [0.1, 0.15) is 18.1 Å². The first kappa shape index (κ1) is 22.0. The Bertz CT molecular complexity index is 847. The third-order valence-electron chi connectivity index (χ3n) is 5.80. The molecule has 2 aromatic rings. The Labute approximate surface area is 179 Å². The van der Waals surface area contributed by atoms with Crippen molar-refractivity contribution in [1.29, 1.82) is 0 Å². The molecule has 1 N–H and O–H groups in total. The van der Waals surface area contributed by atoms with E-state index in [9.17, 15) is 9.59 Å². The van der Waals surface area contributed by atoms with E-state index in [0.29, 0.717) is 0 Å². The molecule has 2 amide bonds. The lowest BCUT2D eigenvalue weighted by Crippen LogP contribution is -2.52. The number of hydrogen-bond donors (Lipinski definition) is 1. The van der Waals surface area contributed by atoms with E-state index in [1.54, 1.807) is 0 Å². The molecule has 1 aliphatic rings. The van der Waals surface area contributed by atoms with E-state index in [-0.39, 0.29) is 18.4 Å². The van der Waals surface area contributed by atoms with Gasteiger partial charge in [-0.1, -0.05) is 48.5 Å². The van der Waals surface area contributed by atoms with Gasteiger partial charge in [0.05, 0.1) is 12.6 Å². The molecule has 0 saturated carbocycles. The number of aryl methyl sites for hydroxylation is 1. The first-order chi connectivity index (χ1) is 14.4. The maximum atomic E-state index is 12.7. The molecular formula is C24H32N4O2. The average molecular weight is 409 g/mol. The van der Waals surface area contributed by atoms with Crippen LogP contribution in [0.2, 0.25) is 0 Å². The molecule has 160 valence electrons. The fourth-order valence-corrected chi connectivity index (χ4v) is 3.60. The summed E-state index contributed by atoms with van der Waals surface area (Å²) in [6.07, 6.45) is 0. The maximum Gasteiger partial charge on any atom is 0.241 e. The number of carbonyl (C=O) groups is 2. The standard InChI is InChI=1S/C24H32N4O2/c1-19-9-7-8-12-22(19)25-24(30)20(2)26(3)18-23(29)28-15-13-27(14-16-28)17-21-10-5-4-6-11-21/h4-12,20H,13-18H2,1-3H3,(H,25,30)/t20-/m1/s1. The van der Waals surface area contributed by atoms with Crippen molar-refractivity contribution in [3.63, 3.8) is 0 Å². The Morgan fingerprint density at radius 1 is 1.00 bits per heavy atom. The zero-order valence-corrected chi connectivity index (χ0v) is 18.2. The molecule has 1 aliphatic heterocycles. The van der Waals surface area contributed by atoms with Crippen LogP contribution < -0.4 is 5.32 Å². The summed E-state index contributed by atoms with van der Waals surface area (Å²) in [5.41, 5.74) is 3.12. The smallest absolute Gasteiger partial charge is 0.241 e. The number of para-hydroxylation sites is 1. The number of benzene rings is 2. The zero-order valence-electron chi connectivity index (χ0n) is 18.2. The highest BCUT2D eigenvalue weighted by Gasteiger charge is 2.25. The number of piperazine rings is 1. The second kappa shape index (κ2) is 10.4. The number of nitrogens with zero attached hydrogens (tertiary/aromatic N) is 3. The van der Waals surface area contributed by atoms with Crippen molar-refractivity contribution < 1.29 is 9.59 Å². The van der Waals surface area contributed by atoms with E-state index in [1.807, 2.05) is 61.0 Å². The van der Waals surface area contributed by atoms with Crippen LogP contribution in [0.25, 0.3) is 0 Å². The molecule has 3 rings (SSSR count). The van der Waals surface area contributed by atoms with E-state index >= 15 is 0 Å². The molecule has 6 heteroatoms. The summed E-state index contributed by atoms with van der Waals surface area (Å²) < 4.78 is 0. The van der Waals surface area contributed by atoms with E-state index < -0.39 is 6.04 Å². The predicted molar refractivity (Wildman–Crippen MR) is 120 cm³/mol. The summed E-state index contributed by atoms with van der Waals surface area (Å²) in [7, 11) is 1.83. The summed E-state index contributed by atoms with van der Waals surface area (Å²) in [4.78, 5) is 31.4. The summed E-state index contributed by atoms with van der Waals surface area (Å²) in [6, 6.07) is 17.7. The van der Waals surface area contributed by atoms with Crippen molar-refractivity contribution in [1.82, 2.24) is 14.7 Å². The predicted octanol–water partition coefficient (Wildman–Crippen LogP) is 2.60. The first-order valence-corrected chi connectivity index (χ1v) is 10.5. The number of likely N-dealkylation sites (N-methyl/N-ethyl adjacent to an activating group) is 1. The van der Waals surface area contributed by atoms with E-state index in [4.69, 9.17) is 0 Å². The number of nitrogens with one attached hydrogen (secondary N) is 1. The molecule has 0 spiro atoms. The van der Waals surface area contributed by atoms with Crippen molar-refractivity contribution in [3.8, 4) is 0 Å². The quantitative estimate of drug-likeness (QED) is 0.765. The van der Waals surface area contributed by atoms with Gasteiger partial charge in [0.25, 0.3) is 0 Å². The minimum absolute atomic E-state index is 0.0763. The topological polar surface area (TPSA) is 55.9 Å². The zero-order chi connectivity index (χ0) is 21.5. The fraction of sp³-hybridized carbons (Fsp3) is 0.417. The van der Waals surface area contributed by atoms with Crippen LogP contribution >= 0.6 is 0 Å². The van der Waals surface area contributed by atoms with Gasteiger partial charge < -0.3 is 10.2 Å². The summed E-state index contributed by atoms with van der Waals surface area (Å²) in [5.74, 6) is -0.0281. The van der Waals surface area contributed by atoms with E-state index in [0.717, 1.165) is 44.0 Å². The summed E-state index contributed by atoms with van der Waals surface area (Å²) in [5, 5.41) is 2.96. The number of hydrogen-bond acceptors (Lipinski definition) is 4. The molecule has 1 saturated heterocycles. The van der Waals surface area contributed by atoms with Gasteiger partial charge in [-0.25, -0.2) is 0 Å². The number of rotatable bonds is 7. The van der Waals surface area contributed by atoms with Gasteiger partial charge in [0.15, 0.2) is 0 Å². The Morgan fingerprint density at radius 2 is 1.63 bits per heavy atom. The van der Waals surface area contributed by atoms with Crippen molar-refractivity contribution >= 4 is 17.5 Å². The normalized spacial score (nSPS) is 15.8. The second-order valence-electron chi connectivity index (χ2n) is 8.04. The molecule has 0 unspecified atom stereocenters. The molecular weight excluding hydrogens is 376 g/mol. The average Bonchev–Trinajstić information content (AvgIpc) is 2.76. The van der Waals surface area contributed by atoms with Gasteiger partial charge in [-0.05, 0) is 38.1 Å². The van der Waals surface area contributed by atoms with Gasteiger partial charge in [-0.3, -0.25) is 19.4 Å². The van der Waals surface area contributed by atoms with Gasteiger partial charge in [-0.15, -0.1) is 0 Å². The molecule has 1 heterocycles. The minimum Gasteiger partial charge on any atom is -0.339 e. The molecule has 1 atom stereocenters. The number of amides is 2. The van der Waals surface area contributed by atoms with Crippen LogP contribution in [0.3, 0.4) is 0 Å². The molecule has 0 aliphatic carbocycles. The van der Waals surface area contributed by atoms with Crippen LogP contribution in [0.5, 0.6) is 0 Å². The largest absolute Gasteiger partial charge is 0.339 e. The van der Waals surface area contributed by atoms with Gasteiger partial charge in [-0.2, -0.15) is 0 Å². The Kier molecular flexibility index (Phi) is 7.60. The van der Waals surface area contributed by atoms with Crippen molar-refractivity contribution in [3.05, 3.63) is 65.7 Å².